The molecule has 6 nitrogen and oxygen atoms in total. The molecule has 1 atom stereocenters. The summed E-state index contributed by atoms with van der Waals surface area (Å²) in [6.45, 7) is 2.09. The monoisotopic (exact) mass is 331 g/mol. The molecule has 3 heterocycles. The molecule has 0 unspecified atom stereocenters. The maximum atomic E-state index is 6.08. The maximum Gasteiger partial charge on any atom is 0.212 e. The Morgan fingerprint density at radius 1 is 1.16 bits per heavy atom. The first-order valence-electron chi connectivity index (χ1n) is 8.34. The molecule has 1 aliphatic heterocycles. The number of nitrogens with one attached hydrogen (secondary N) is 1. The number of hydrogen-bond donors (Lipinski definition) is 2. The van der Waals surface area contributed by atoms with Crippen LogP contribution in [0.15, 0.2) is 57.9 Å². The molecule has 0 aliphatic carbocycles. The van der Waals surface area contributed by atoms with Crippen LogP contribution in [-0.2, 0) is 6.42 Å². The first kappa shape index (κ1) is 14.1. The Morgan fingerprint density at radius 2 is 1.96 bits per heavy atom. The number of furan rings is 1. The van der Waals surface area contributed by atoms with E-state index in [1.165, 1.54) is 0 Å². The van der Waals surface area contributed by atoms with Gasteiger partial charge in [-0.3, -0.25) is 9.88 Å². The fourth-order valence-electron chi connectivity index (χ4n) is 3.57. The van der Waals surface area contributed by atoms with Crippen LogP contribution in [0.3, 0.4) is 0 Å². The van der Waals surface area contributed by atoms with Crippen LogP contribution >= 0.6 is 0 Å². The Kier molecular flexibility index (Phi) is 2.88. The highest BCUT2D eigenvalue weighted by atomic mass is 16.3. The molecule has 0 saturated heterocycles. The molecule has 2 aromatic carbocycles. The van der Waals surface area contributed by atoms with Gasteiger partial charge < -0.3 is 10.2 Å². The van der Waals surface area contributed by atoms with Gasteiger partial charge in [0.2, 0.25) is 5.95 Å². The summed E-state index contributed by atoms with van der Waals surface area (Å²) in [5.41, 5.74) is 9.90. The molecule has 4 aromatic rings. The first-order valence-corrected chi connectivity index (χ1v) is 8.34. The lowest BCUT2D eigenvalue weighted by Gasteiger charge is -2.23. The van der Waals surface area contributed by atoms with Gasteiger partial charge in [-0.15, -0.1) is 0 Å². The lowest BCUT2D eigenvalue weighted by Crippen LogP contribution is -2.31. The van der Waals surface area contributed by atoms with Crippen molar-refractivity contribution in [3.63, 3.8) is 0 Å². The minimum absolute atomic E-state index is 0.303. The van der Waals surface area contributed by atoms with E-state index in [9.17, 15) is 0 Å². The standard InChI is InChI=1S/C19H17N5O/c1-2-14-16(11-7-3-6-10-15(11)25-14)17-22-18(20)23-19-21-12-8-4-5-9-13(12)24(17)19/h3-10,17H,2H2,1H3,(H3,20,21,22,23)/t17-/m0/s1. The van der Waals surface area contributed by atoms with Crippen molar-refractivity contribution in [1.29, 1.82) is 0 Å². The summed E-state index contributed by atoms with van der Waals surface area (Å²) in [4.78, 5) is 9.35. The SMILES string of the molecule is CCc1oc2ccccc2c1[C@H]1N=C(N)Nc2nc3ccccc3n21. The van der Waals surface area contributed by atoms with E-state index in [1.54, 1.807) is 0 Å². The summed E-state index contributed by atoms with van der Waals surface area (Å²) in [6, 6.07) is 16.1. The number of imidazole rings is 1. The van der Waals surface area contributed by atoms with Crippen LogP contribution in [0.2, 0.25) is 0 Å². The van der Waals surface area contributed by atoms with Gasteiger partial charge in [0, 0.05) is 17.4 Å². The van der Waals surface area contributed by atoms with E-state index >= 15 is 0 Å². The second kappa shape index (κ2) is 5.11. The zero-order valence-corrected chi connectivity index (χ0v) is 13.7. The van der Waals surface area contributed by atoms with Gasteiger partial charge >= 0.3 is 0 Å². The highest BCUT2D eigenvalue weighted by Gasteiger charge is 2.29. The largest absolute Gasteiger partial charge is 0.461 e. The number of hydrogen-bond acceptors (Lipinski definition) is 5. The maximum absolute atomic E-state index is 6.08. The quantitative estimate of drug-likeness (QED) is 0.588. The normalized spacial score (nSPS) is 16.7. The molecule has 0 saturated carbocycles. The zero-order chi connectivity index (χ0) is 17.0. The Bertz CT molecular complexity index is 1140. The smallest absolute Gasteiger partial charge is 0.212 e. The Labute approximate surface area is 144 Å². The van der Waals surface area contributed by atoms with Gasteiger partial charge in [0.15, 0.2) is 12.1 Å². The van der Waals surface area contributed by atoms with Gasteiger partial charge in [-0.25, -0.2) is 9.98 Å². The van der Waals surface area contributed by atoms with Crippen LogP contribution < -0.4 is 11.1 Å². The van der Waals surface area contributed by atoms with Crippen molar-refractivity contribution >= 4 is 33.9 Å². The van der Waals surface area contributed by atoms with Gasteiger partial charge in [-0.1, -0.05) is 37.3 Å². The molecule has 0 spiro atoms. The van der Waals surface area contributed by atoms with E-state index in [-0.39, 0.29) is 6.17 Å². The van der Waals surface area contributed by atoms with Crippen LogP contribution in [0, 0.1) is 0 Å². The van der Waals surface area contributed by atoms with Crippen LogP contribution in [0.4, 0.5) is 5.95 Å². The second-order valence-corrected chi connectivity index (χ2v) is 6.10. The van der Waals surface area contributed by atoms with Crippen molar-refractivity contribution in [3.05, 3.63) is 59.9 Å². The lowest BCUT2D eigenvalue weighted by atomic mass is 10.1. The van der Waals surface area contributed by atoms with Crippen molar-refractivity contribution in [2.75, 3.05) is 5.32 Å². The Hall–Kier alpha value is -3.28. The summed E-state index contributed by atoms with van der Waals surface area (Å²) in [5, 5.41) is 4.14. The van der Waals surface area contributed by atoms with E-state index in [4.69, 9.17) is 15.1 Å². The third-order valence-electron chi connectivity index (χ3n) is 4.63. The van der Waals surface area contributed by atoms with Gasteiger partial charge in [-0.2, -0.15) is 0 Å². The molecule has 25 heavy (non-hydrogen) atoms. The van der Waals surface area contributed by atoms with Gasteiger partial charge in [-0.05, 0) is 18.2 Å². The number of aliphatic imine (C=N–C) groups is 1. The molecule has 0 fully saturated rings. The summed E-state index contributed by atoms with van der Waals surface area (Å²) in [6.07, 6.45) is 0.480. The zero-order valence-electron chi connectivity index (χ0n) is 13.7. The van der Waals surface area contributed by atoms with Gasteiger partial charge in [0.1, 0.15) is 11.3 Å². The molecule has 124 valence electrons. The predicted molar refractivity (Wildman–Crippen MR) is 98.7 cm³/mol. The summed E-state index contributed by atoms with van der Waals surface area (Å²) < 4.78 is 8.16. The Morgan fingerprint density at radius 3 is 2.84 bits per heavy atom. The minimum atomic E-state index is -0.303. The molecule has 6 heteroatoms. The molecular formula is C19H17N5O. The van der Waals surface area contributed by atoms with Crippen LogP contribution in [-0.4, -0.2) is 15.5 Å². The van der Waals surface area contributed by atoms with Crippen molar-refractivity contribution in [2.24, 2.45) is 10.7 Å². The molecular weight excluding hydrogens is 314 g/mol. The average Bonchev–Trinajstić information content (AvgIpc) is 3.18. The van der Waals surface area contributed by atoms with Crippen molar-refractivity contribution in [2.45, 2.75) is 19.5 Å². The van der Waals surface area contributed by atoms with E-state index in [1.807, 2.05) is 42.5 Å². The molecule has 0 amide bonds. The molecule has 0 radical (unpaired) electrons. The van der Waals surface area contributed by atoms with Gasteiger partial charge in [0.25, 0.3) is 0 Å². The average molecular weight is 331 g/mol. The Balaban J connectivity index is 1.85. The van der Waals surface area contributed by atoms with E-state index < -0.39 is 0 Å². The molecule has 5 rings (SSSR count). The van der Waals surface area contributed by atoms with E-state index in [0.717, 1.165) is 39.7 Å². The lowest BCUT2D eigenvalue weighted by molar-refractivity contribution is 0.529. The van der Waals surface area contributed by atoms with Crippen molar-refractivity contribution < 1.29 is 4.42 Å². The predicted octanol–water partition coefficient (Wildman–Crippen LogP) is 3.63. The number of para-hydroxylation sites is 3. The third-order valence-corrected chi connectivity index (χ3v) is 4.63. The number of aryl methyl sites for hydroxylation is 1. The van der Waals surface area contributed by atoms with Gasteiger partial charge in [0.05, 0.1) is 11.0 Å². The van der Waals surface area contributed by atoms with Crippen LogP contribution in [0.5, 0.6) is 0 Å². The fourth-order valence-corrected chi connectivity index (χ4v) is 3.57. The minimum Gasteiger partial charge on any atom is -0.461 e. The van der Waals surface area contributed by atoms with Crippen LogP contribution in [0.25, 0.3) is 22.0 Å². The number of anilines is 1. The summed E-state index contributed by atoms with van der Waals surface area (Å²) in [7, 11) is 0. The first-order chi connectivity index (χ1) is 12.3. The molecule has 3 N–H and O–H groups in total. The fraction of sp³-hybridized carbons (Fsp3) is 0.158. The second-order valence-electron chi connectivity index (χ2n) is 6.10. The third kappa shape index (κ3) is 1.97. The highest BCUT2D eigenvalue weighted by molar-refractivity contribution is 5.95. The number of aromatic nitrogens is 2. The molecule has 1 aliphatic rings. The van der Waals surface area contributed by atoms with Crippen LogP contribution in [0.1, 0.15) is 24.4 Å². The summed E-state index contributed by atoms with van der Waals surface area (Å²) in [5.74, 6) is 1.99. The number of rotatable bonds is 2. The molecule has 0 bridgehead atoms. The van der Waals surface area contributed by atoms with Crippen molar-refractivity contribution in [3.8, 4) is 0 Å². The number of benzene rings is 2. The van der Waals surface area contributed by atoms with Crippen molar-refractivity contribution in [1.82, 2.24) is 9.55 Å². The molecule has 2 aromatic heterocycles. The topological polar surface area (TPSA) is 81.4 Å². The highest BCUT2D eigenvalue weighted by Crippen LogP contribution is 2.38. The number of nitrogens with two attached hydrogens (primary N) is 1. The number of nitrogens with zero attached hydrogens (tertiary/aromatic N) is 3. The number of fused-ring (bicyclic) bond motifs is 4. The van der Waals surface area contributed by atoms with E-state index in [2.05, 4.69) is 27.9 Å². The van der Waals surface area contributed by atoms with E-state index in [0.29, 0.717) is 11.9 Å². The summed E-state index contributed by atoms with van der Waals surface area (Å²) >= 11 is 0. The number of guanidine groups is 1.